The van der Waals surface area contributed by atoms with E-state index < -0.39 is 0 Å². The van der Waals surface area contributed by atoms with Crippen molar-refractivity contribution in [3.05, 3.63) is 29.6 Å². The smallest absolute Gasteiger partial charge is 0.122 e. The first-order valence-electron chi connectivity index (χ1n) is 4.22. The van der Waals surface area contributed by atoms with Crippen molar-refractivity contribution in [2.24, 2.45) is 5.73 Å². The topological polar surface area (TPSA) is 62.8 Å². The SMILES string of the molecule is CC(C)(C)c1cc(C(=N)N)ccn1. The van der Waals surface area contributed by atoms with Crippen molar-refractivity contribution in [2.75, 3.05) is 0 Å². The fraction of sp³-hybridized carbons (Fsp3) is 0.400. The average Bonchev–Trinajstić information content (AvgIpc) is 2.03. The number of nitrogens with zero attached hydrogens (tertiary/aromatic N) is 1. The number of amidine groups is 1. The van der Waals surface area contributed by atoms with Gasteiger partial charge in [-0.25, -0.2) is 0 Å². The summed E-state index contributed by atoms with van der Waals surface area (Å²) >= 11 is 0. The Kier molecular flexibility index (Phi) is 2.36. The number of pyridine rings is 1. The van der Waals surface area contributed by atoms with Crippen molar-refractivity contribution >= 4 is 5.84 Å². The average molecular weight is 177 g/mol. The van der Waals surface area contributed by atoms with Crippen molar-refractivity contribution in [3.63, 3.8) is 0 Å². The molecule has 13 heavy (non-hydrogen) atoms. The lowest BCUT2D eigenvalue weighted by Gasteiger charge is -2.17. The molecule has 3 nitrogen and oxygen atoms in total. The number of nitrogens with two attached hydrogens (primary N) is 1. The number of hydrogen-bond acceptors (Lipinski definition) is 2. The molecule has 0 unspecified atom stereocenters. The van der Waals surface area contributed by atoms with Crippen LogP contribution in [0.4, 0.5) is 0 Å². The molecule has 0 aliphatic rings. The first-order chi connectivity index (χ1) is 5.91. The highest BCUT2D eigenvalue weighted by atomic mass is 14.7. The standard InChI is InChI=1S/C10H15N3/c1-10(2,3)8-6-7(9(11)12)4-5-13-8/h4-6H,1-3H3,(H3,11,12). The van der Waals surface area contributed by atoms with Gasteiger partial charge in [0.15, 0.2) is 0 Å². The maximum Gasteiger partial charge on any atom is 0.122 e. The summed E-state index contributed by atoms with van der Waals surface area (Å²) in [5.41, 5.74) is 7.08. The van der Waals surface area contributed by atoms with Gasteiger partial charge in [0.2, 0.25) is 0 Å². The first-order valence-corrected chi connectivity index (χ1v) is 4.22. The predicted molar refractivity (Wildman–Crippen MR) is 54.0 cm³/mol. The van der Waals surface area contributed by atoms with E-state index in [-0.39, 0.29) is 11.3 Å². The van der Waals surface area contributed by atoms with Gasteiger partial charge in [0.05, 0.1) is 0 Å². The zero-order valence-corrected chi connectivity index (χ0v) is 8.26. The number of hydrogen-bond donors (Lipinski definition) is 2. The summed E-state index contributed by atoms with van der Waals surface area (Å²) in [5.74, 6) is 0.0906. The molecule has 0 fully saturated rings. The third kappa shape index (κ3) is 2.28. The van der Waals surface area contributed by atoms with Gasteiger partial charge in [-0.3, -0.25) is 10.4 Å². The van der Waals surface area contributed by atoms with Crippen LogP contribution in [0.3, 0.4) is 0 Å². The van der Waals surface area contributed by atoms with Crippen LogP contribution in [0.2, 0.25) is 0 Å². The summed E-state index contributed by atoms with van der Waals surface area (Å²) in [4.78, 5) is 4.24. The highest BCUT2D eigenvalue weighted by Crippen LogP contribution is 2.20. The maximum atomic E-state index is 7.29. The van der Waals surface area contributed by atoms with Gasteiger partial charge in [0.25, 0.3) is 0 Å². The van der Waals surface area contributed by atoms with Gasteiger partial charge < -0.3 is 5.73 Å². The van der Waals surface area contributed by atoms with E-state index in [1.807, 2.05) is 6.07 Å². The molecule has 0 aromatic carbocycles. The van der Waals surface area contributed by atoms with E-state index in [2.05, 4.69) is 25.8 Å². The van der Waals surface area contributed by atoms with Crippen LogP contribution >= 0.6 is 0 Å². The summed E-state index contributed by atoms with van der Waals surface area (Å²) in [6.07, 6.45) is 1.69. The lowest BCUT2D eigenvalue weighted by Crippen LogP contribution is -2.17. The molecule has 0 bridgehead atoms. The molecule has 3 N–H and O–H groups in total. The number of aromatic nitrogens is 1. The Hall–Kier alpha value is -1.38. The molecule has 0 atom stereocenters. The van der Waals surface area contributed by atoms with Crippen molar-refractivity contribution in [1.29, 1.82) is 5.41 Å². The molecule has 1 aromatic rings. The third-order valence-corrected chi connectivity index (χ3v) is 1.84. The molecule has 0 saturated carbocycles. The van der Waals surface area contributed by atoms with Crippen molar-refractivity contribution < 1.29 is 0 Å². The van der Waals surface area contributed by atoms with E-state index in [4.69, 9.17) is 11.1 Å². The fourth-order valence-corrected chi connectivity index (χ4v) is 1.01. The Bertz CT molecular complexity index is 323. The molecule has 1 heterocycles. The number of nitrogens with one attached hydrogen (secondary N) is 1. The highest BCUT2D eigenvalue weighted by Gasteiger charge is 2.15. The maximum absolute atomic E-state index is 7.29. The monoisotopic (exact) mass is 177 g/mol. The molecule has 0 aliphatic heterocycles. The van der Waals surface area contributed by atoms with E-state index in [9.17, 15) is 0 Å². The van der Waals surface area contributed by atoms with Crippen LogP contribution in [0, 0.1) is 5.41 Å². The minimum Gasteiger partial charge on any atom is -0.384 e. The molecule has 70 valence electrons. The third-order valence-electron chi connectivity index (χ3n) is 1.84. The number of rotatable bonds is 1. The minimum absolute atomic E-state index is 0.00542. The summed E-state index contributed by atoms with van der Waals surface area (Å²) in [5, 5.41) is 7.29. The van der Waals surface area contributed by atoms with Gasteiger partial charge in [0, 0.05) is 22.9 Å². The first kappa shape index (κ1) is 9.71. The van der Waals surface area contributed by atoms with Gasteiger partial charge in [0.1, 0.15) is 5.84 Å². The molecule has 0 spiro atoms. The summed E-state index contributed by atoms with van der Waals surface area (Å²) in [7, 11) is 0. The van der Waals surface area contributed by atoms with E-state index in [1.54, 1.807) is 12.3 Å². The molecular weight excluding hydrogens is 162 g/mol. The van der Waals surface area contributed by atoms with E-state index in [0.717, 1.165) is 11.3 Å². The lowest BCUT2D eigenvalue weighted by molar-refractivity contribution is 0.569. The quantitative estimate of drug-likeness (QED) is 0.506. The Morgan fingerprint density at radius 1 is 1.46 bits per heavy atom. The molecule has 0 saturated heterocycles. The largest absolute Gasteiger partial charge is 0.384 e. The minimum atomic E-state index is 0.00542. The van der Waals surface area contributed by atoms with Gasteiger partial charge >= 0.3 is 0 Å². The van der Waals surface area contributed by atoms with Gasteiger partial charge in [-0.05, 0) is 12.1 Å². The molecule has 0 amide bonds. The zero-order chi connectivity index (χ0) is 10.1. The predicted octanol–water partition coefficient (Wildman–Crippen LogP) is 1.66. The van der Waals surface area contributed by atoms with E-state index >= 15 is 0 Å². The van der Waals surface area contributed by atoms with Crippen LogP contribution < -0.4 is 5.73 Å². The summed E-state index contributed by atoms with van der Waals surface area (Å²) < 4.78 is 0. The van der Waals surface area contributed by atoms with E-state index in [0.29, 0.717) is 0 Å². The Labute approximate surface area is 78.5 Å². The number of nitrogen functional groups attached to an aromatic ring is 1. The van der Waals surface area contributed by atoms with Gasteiger partial charge in [-0.1, -0.05) is 20.8 Å². The summed E-state index contributed by atoms with van der Waals surface area (Å²) in [6, 6.07) is 3.61. The van der Waals surface area contributed by atoms with Crippen LogP contribution in [-0.4, -0.2) is 10.8 Å². The van der Waals surface area contributed by atoms with Crippen LogP contribution in [0.25, 0.3) is 0 Å². The summed E-state index contributed by atoms with van der Waals surface area (Å²) in [6.45, 7) is 6.25. The van der Waals surface area contributed by atoms with Crippen LogP contribution in [0.5, 0.6) is 0 Å². The highest BCUT2D eigenvalue weighted by molar-refractivity contribution is 5.94. The Balaban J connectivity index is 3.13. The van der Waals surface area contributed by atoms with Crippen LogP contribution in [-0.2, 0) is 5.41 Å². The molecule has 0 radical (unpaired) electrons. The lowest BCUT2D eigenvalue weighted by atomic mass is 9.91. The zero-order valence-electron chi connectivity index (χ0n) is 8.26. The normalized spacial score (nSPS) is 11.3. The van der Waals surface area contributed by atoms with Crippen LogP contribution in [0.15, 0.2) is 18.3 Å². The molecule has 1 aromatic heterocycles. The second-order valence-corrected chi connectivity index (χ2v) is 4.09. The second kappa shape index (κ2) is 3.17. The van der Waals surface area contributed by atoms with Crippen molar-refractivity contribution in [3.8, 4) is 0 Å². The molecule has 1 rings (SSSR count). The molecular formula is C10H15N3. The second-order valence-electron chi connectivity index (χ2n) is 4.09. The molecule has 0 aliphatic carbocycles. The van der Waals surface area contributed by atoms with Gasteiger partial charge in [-0.15, -0.1) is 0 Å². The Morgan fingerprint density at radius 2 is 2.08 bits per heavy atom. The Morgan fingerprint density at radius 3 is 2.54 bits per heavy atom. The van der Waals surface area contributed by atoms with Gasteiger partial charge in [-0.2, -0.15) is 0 Å². The van der Waals surface area contributed by atoms with Crippen molar-refractivity contribution in [2.45, 2.75) is 26.2 Å². The van der Waals surface area contributed by atoms with Crippen molar-refractivity contribution in [1.82, 2.24) is 4.98 Å². The van der Waals surface area contributed by atoms with E-state index in [1.165, 1.54) is 0 Å². The van der Waals surface area contributed by atoms with Crippen LogP contribution in [0.1, 0.15) is 32.0 Å². The fourth-order valence-electron chi connectivity index (χ4n) is 1.01. The molecule has 3 heteroatoms.